The summed E-state index contributed by atoms with van der Waals surface area (Å²) < 4.78 is 32.6. The number of hydrogen-bond acceptors (Lipinski definition) is 7. The number of nitrogens with zero attached hydrogens (tertiary/aromatic N) is 2. The zero-order valence-corrected chi connectivity index (χ0v) is 23.9. The first kappa shape index (κ1) is 27.7. The molecule has 3 heterocycles. The summed E-state index contributed by atoms with van der Waals surface area (Å²) in [4.78, 5) is 31.2. The van der Waals surface area contributed by atoms with Gasteiger partial charge in [-0.15, -0.1) is 0 Å². The van der Waals surface area contributed by atoms with Crippen LogP contribution in [0.1, 0.15) is 44.9 Å². The van der Waals surface area contributed by atoms with Crippen LogP contribution >= 0.6 is 0 Å². The SMILES string of the molecule is C[C@@H](Nc1cnc(-c2ccc(C3(F)COC3)cc2)n(CC(=O)OC(C)(C)C)c1=O)c1ccc2oc3ccccc3c2c1. The van der Waals surface area contributed by atoms with Gasteiger partial charge < -0.3 is 19.2 Å². The summed E-state index contributed by atoms with van der Waals surface area (Å²) in [6.07, 6.45) is 1.47. The van der Waals surface area contributed by atoms with Gasteiger partial charge in [-0.25, -0.2) is 9.37 Å². The number of para-hydroxylation sites is 1. The Bertz CT molecular complexity index is 1850. The third-order valence-electron chi connectivity index (χ3n) is 7.35. The Labute approximate surface area is 242 Å². The van der Waals surface area contributed by atoms with E-state index in [1.807, 2.05) is 49.4 Å². The summed E-state index contributed by atoms with van der Waals surface area (Å²) in [7, 11) is 0. The predicted octanol–water partition coefficient (Wildman–Crippen LogP) is 6.52. The molecule has 216 valence electrons. The first-order valence-corrected chi connectivity index (χ1v) is 13.9. The molecule has 3 aromatic carbocycles. The Balaban J connectivity index is 1.34. The van der Waals surface area contributed by atoms with Crippen LogP contribution in [-0.2, 0) is 26.5 Å². The van der Waals surface area contributed by atoms with Crippen LogP contribution in [0.4, 0.5) is 10.1 Å². The molecule has 1 N–H and O–H groups in total. The van der Waals surface area contributed by atoms with Crippen molar-refractivity contribution in [3.05, 3.63) is 94.4 Å². The molecule has 42 heavy (non-hydrogen) atoms. The van der Waals surface area contributed by atoms with Gasteiger partial charge in [-0.3, -0.25) is 14.2 Å². The topological polar surface area (TPSA) is 95.6 Å². The van der Waals surface area contributed by atoms with E-state index in [1.54, 1.807) is 45.0 Å². The van der Waals surface area contributed by atoms with Crippen molar-refractivity contribution in [1.82, 2.24) is 9.55 Å². The molecule has 1 fully saturated rings. The van der Waals surface area contributed by atoms with E-state index in [1.165, 1.54) is 10.8 Å². The van der Waals surface area contributed by atoms with Crippen molar-refractivity contribution in [2.45, 2.75) is 51.6 Å². The molecule has 0 radical (unpaired) electrons. The van der Waals surface area contributed by atoms with Crippen LogP contribution in [0.15, 0.2) is 82.1 Å². The summed E-state index contributed by atoms with van der Waals surface area (Å²) in [5.41, 5.74) is 1.18. The van der Waals surface area contributed by atoms with E-state index in [0.29, 0.717) is 11.1 Å². The first-order valence-electron chi connectivity index (χ1n) is 13.9. The molecule has 6 rings (SSSR count). The summed E-state index contributed by atoms with van der Waals surface area (Å²) >= 11 is 0. The minimum Gasteiger partial charge on any atom is -0.459 e. The zero-order valence-electron chi connectivity index (χ0n) is 23.9. The molecule has 5 aromatic rings. The molecule has 0 amide bonds. The Morgan fingerprint density at radius 2 is 1.79 bits per heavy atom. The van der Waals surface area contributed by atoms with Crippen LogP contribution in [0.2, 0.25) is 0 Å². The second-order valence-corrected chi connectivity index (χ2v) is 11.7. The average Bonchev–Trinajstić information content (AvgIpc) is 3.31. The predicted molar refractivity (Wildman–Crippen MR) is 159 cm³/mol. The van der Waals surface area contributed by atoms with E-state index in [-0.39, 0.29) is 37.3 Å². The van der Waals surface area contributed by atoms with E-state index in [4.69, 9.17) is 13.9 Å². The zero-order chi connectivity index (χ0) is 29.6. The fourth-order valence-corrected chi connectivity index (χ4v) is 5.17. The number of alkyl halides is 1. The number of rotatable bonds is 7. The number of esters is 1. The lowest BCUT2D eigenvalue weighted by molar-refractivity contribution is -0.155. The van der Waals surface area contributed by atoms with Gasteiger partial charge in [-0.05, 0) is 57.0 Å². The van der Waals surface area contributed by atoms with E-state index < -0.39 is 22.8 Å². The van der Waals surface area contributed by atoms with Gasteiger partial charge in [0.2, 0.25) is 0 Å². The molecule has 9 heteroatoms. The molecule has 1 aliphatic rings. The Morgan fingerprint density at radius 3 is 2.48 bits per heavy atom. The minimum absolute atomic E-state index is 0.0102. The fraction of sp³-hybridized carbons (Fsp3) is 0.303. The normalized spacial score (nSPS) is 15.4. The lowest BCUT2D eigenvalue weighted by atomic mass is 9.93. The number of fused-ring (bicyclic) bond motifs is 3. The fourth-order valence-electron chi connectivity index (χ4n) is 5.17. The largest absolute Gasteiger partial charge is 0.459 e. The van der Waals surface area contributed by atoms with Crippen molar-refractivity contribution in [2.75, 3.05) is 18.5 Å². The van der Waals surface area contributed by atoms with E-state index in [9.17, 15) is 14.0 Å². The van der Waals surface area contributed by atoms with Crippen molar-refractivity contribution in [1.29, 1.82) is 0 Å². The lowest BCUT2D eigenvalue weighted by Gasteiger charge is -2.34. The van der Waals surface area contributed by atoms with Gasteiger partial charge in [0.1, 0.15) is 34.8 Å². The van der Waals surface area contributed by atoms with Crippen LogP contribution in [0.25, 0.3) is 33.3 Å². The second kappa shape index (κ2) is 10.4. The van der Waals surface area contributed by atoms with Crippen LogP contribution in [0.5, 0.6) is 0 Å². The Morgan fingerprint density at radius 1 is 1.07 bits per heavy atom. The first-order chi connectivity index (χ1) is 20.0. The smallest absolute Gasteiger partial charge is 0.326 e. The molecular formula is C33H32FN3O5. The third-order valence-corrected chi connectivity index (χ3v) is 7.35. The van der Waals surface area contributed by atoms with Crippen molar-refractivity contribution in [3.8, 4) is 11.4 Å². The van der Waals surface area contributed by atoms with Gasteiger partial charge in [-0.2, -0.15) is 0 Å². The molecule has 1 atom stereocenters. The monoisotopic (exact) mass is 569 g/mol. The number of carbonyl (C=O) groups excluding carboxylic acids is 1. The highest BCUT2D eigenvalue weighted by molar-refractivity contribution is 6.05. The molecule has 0 aliphatic carbocycles. The highest BCUT2D eigenvalue weighted by Crippen LogP contribution is 2.35. The number of furan rings is 1. The maximum atomic E-state index is 14.8. The molecule has 1 saturated heterocycles. The number of nitrogens with one attached hydrogen (secondary N) is 1. The van der Waals surface area contributed by atoms with Gasteiger partial charge in [0.05, 0.1) is 19.4 Å². The van der Waals surface area contributed by atoms with Gasteiger partial charge in [0, 0.05) is 22.4 Å². The van der Waals surface area contributed by atoms with E-state index in [2.05, 4.69) is 10.3 Å². The van der Waals surface area contributed by atoms with Gasteiger partial charge in [-0.1, -0.05) is 48.5 Å². The highest BCUT2D eigenvalue weighted by Gasteiger charge is 2.40. The lowest BCUT2D eigenvalue weighted by Crippen LogP contribution is -2.42. The number of aromatic nitrogens is 2. The molecule has 0 unspecified atom stereocenters. The summed E-state index contributed by atoms with van der Waals surface area (Å²) in [5.74, 6) is -0.291. The number of carbonyl (C=O) groups is 1. The summed E-state index contributed by atoms with van der Waals surface area (Å²) in [6.45, 7) is 6.93. The molecule has 2 aromatic heterocycles. The highest BCUT2D eigenvalue weighted by atomic mass is 19.1. The number of halogens is 1. The average molecular weight is 570 g/mol. The summed E-state index contributed by atoms with van der Waals surface area (Å²) in [5, 5.41) is 5.28. The molecule has 0 spiro atoms. The van der Waals surface area contributed by atoms with Crippen molar-refractivity contribution >= 4 is 33.6 Å². The number of anilines is 1. The van der Waals surface area contributed by atoms with Crippen molar-refractivity contribution in [2.24, 2.45) is 0 Å². The second-order valence-electron chi connectivity index (χ2n) is 11.7. The molecule has 0 saturated carbocycles. The number of hydrogen-bond donors (Lipinski definition) is 1. The van der Waals surface area contributed by atoms with Crippen LogP contribution in [0.3, 0.4) is 0 Å². The van der Waals surface area contributed by atoms with Crippen molar-refractivity contribution in [3.63, 3.8) is 0 Å². The maximum absolute atomic E-state index is 14.8. The quantitative estimate of drug-likeness (QED) is 0.223. The van der Waals surface area contributed by atoms with Crippen LogP contribution in [0, 0.1) is 0 Å². The van der Waals surface area contributed by atoms with Crippen molar-refractivity contribution < 1.29 is 23.1 Å². The van der Waals surface area contributed by atoms with E-state index in [0.717, 1.165) is 27.5 Å². The van der Waals surface area contributed by atoms with Crippen LogP contribution < -0.4 is 10.9 Å². The van der Waals surface area contributed by atoms with E-state index >= 15 is 0 Å². The van der Waals surface area contributed by atoms with Gasteiger partial charge in [0.25, 0.3) is 5.56 Å². The standard InChI is InChI=1S/C33H32FN3O5/c1-20(22-11-14-28-25(15-22)24-7-5-6-8-27(24)41-28)36-26-16-35-30(37(31(26)39)17-29(38)42-32(2,3)4)21-9-12-23(13-10-21)33(34)18-40-19-33/h5-16,20,36H,17-19H2,1-4H3/t20-/m1/s1. The molecule has 8 nitrogen and oxygen atoms in total. The van der Waals surface area contributed by atoms with Gasteiger partial charge in [0.15, 0.2) is 5.67 Å². The Hall–Kier alpha value is -4.50. The number of ether oxygens (including phenoxy) is 2. The Kier molecular flexibility index (Phi) is 6.85. The molecule has 0 bridgehead atoms. The summed E-state index contributed by atoms with van der Waals surface area (Å²) in [6, 6.07) is 20.2. The van der Waals surface area contributed by atoms with Crippen LogP contribution in [-0.4, -0.2) is 34.3 Å². The molecule has 1 aliphatic heterocycles. The maximum Gasteiger partial charge on any atom is 0.326 e. The minimum atomic E-state index is -1.52. The third kappa shape index (κ3) is 5.27. The van der Waals surface area contributed by atoms with Gasteiger partial charge >= 0.3 is 5.97 Å². The molecular weight excluding hydrogens is 537 g/mol. The number of benzene rings is 3.